The number of carbonyl (C=O) groups excluding carboxylic acids is 1. The van der Waals surface area contributed by atoms with Crippen LogP contribution in [0.25, 0.3) is 0 Å². The number of benzene rings is 2. The van der Waals surface area contributed by atoms with Crippen LogP contribution in [0.5, 0.6) is 11.5 Å². The number of hydrogen-bond donors (Lipinski definition) is 1. The number of methoxy groups -OCH3 is 1. The molecule has 0 unspecified atom stereocenters. The molecule has 0 spiro atoms. The maximum absolute atomic E-state index is 13.0. The first kappa shape index (κ1) is 25.3. The van der Waals surface area contributed by atoms with E-state index in [0.29, 0.717) is 11.6 Å². The second kappa shape index (κ2) is 10.6. The highest BCUT2D eigenvalue weighted by Crippen LogP contribution is 2.34. The van der Waals surface area contributed by atoms with Crippen molar-refractivity contribution < 1.29 is 49.4 Å². The molecule has 0 fully saturated rings. The van der Waals surface area contributed by atoms with E-state index in [1.54, 1.807) is 0 Å². The Labute approximate surface area is 180 Å². The Morgan fingerprint density at radius 2 is 1.78 bits per heavy atom. The molecule has 0 saturated carbocycles. The summed E-state index contributed by atoms with van der Waals surface area (Å²) in [6.45, 7) is -3.84. The fourth-order valence-electron chi connectivity index (χ4n) is 2.53. The van der Waals surface area contributed by atoms with Crippen LogP contribution in [-0.2, 0) is 32.3 Å². The average molecular weight is 483 g/mol. The predicted octanol–water partition coefficient (Wildman–Crippen LogP) is 3.73. The van der Waals surface area contributed by atoms with Gasteiger partial charge in [0.2, 0.25) is 10.0 Å². The average Bonchev–Trinajstić information content (AvgIpc) is 2.72. The minimum absolute atomic E-state index is 0.0186. The molecule has 2 aromatic rings. The van der Waals surface area contributed by atoms with E-state index < -0.39 is 52.2 Å². The van der Waals surface area contributed by atoms with Crippen molar-refractivity contribution >= 4 is 16.0 Å². The normalized spacial score (nSPS) is 12.0. The summed E-state index contributed by atoms with van der Waals surface area (Å²) in [4.78, 5) is 10.9. The summed E-state index contributed by atoms with van der Waals surface area (Å²) >= 11 is 0. The minimum Gasteiger partial charge on any atom is -0.493 e. The number of alkyl halides is 5. The SMILES string of the molecule is COc1cc(COC(=O)CCNS(=O)(=O)c2ccccc2C(F)(F)F)ccc1OC(F)F. The Morgan fingerprint density at radius 3 is 2.41 bits per heavy atom. The van der Waals surface area contributed by atoms with Crippen molar-refractivity contribution in [1.82, 2.24) is 4.72 Å². The number of ether oxygens (including phenoxy) is 3. The van der Waals surface area contributed by atoms with Crippen LogP contribution in [0.1, 0.15) is 17.5 Å². The lowest BCUT2D eigenvalue weighted by Gasteiger charge is -2.13. The molecular formula is C19H18F5NO6S. The fraction of sp³-hybridized carbons (Fsp3) is 0.316. The zero-order valence-corrected chi connectivity index (χ0v) is 17.3. The first-order valence-corrected chi connectivity index (χ1v) is 10.4. The van der Waals surface area contributed by atoms with Gasteiger partial charge in [-0.2, -0.15) is 22.0 Å². The molecule has 0 aliphatic heterocycles. The van der Waals surface area contributed by atoms with Crippen molar-refractivity contribution in [1.29, 1.82) is 0 Å². The quantitative estimate of drug-likeness (QED) is 0.409. The van der Waals surface area contributed by atoms with Gasteiger partial charge in [-0.25, -0.2) is 13.1 Å². The number of rotatable bonds is 10. The van der Waals surface area contributed by atoms with E-state index in [1.807, 2.05) is 4.72 Å². The topological polar surface area (TPSA) is 90.9 Å². The van der Waals surface area contributed by atoms with Crippen molar-refractivity contribution in [3.63, 3.8) is 0 Å². The zero-order valence-electron chi connectivity index (χ0n) is 16.5. The maximum Gasteiger partial charge on any atom is 0.417 e. The molecule has 1 N–H and O–H groups in total. The lowest BCUT2D eigenvalue weighted by Crippen LogP contribution is -2.28. The van der Waals surface area contributed by atoms with E-state index in [9.17, 15) is 35.2 Å². The van der Waals surface area contributed by atoms with Gasteiger partial charge in [-0.1, -0.05) is 18.2 Å². The molecule has 0 heterocycles. The molecule has 0 aromatic heterocycles. The minimum atomic E-state index is -4.87. The van der Waals surface area contributed by atoms with Crippen LogP contribution in [0, 0.1) is 0 Å². The Kier molecular flexibility index (Phi) is 8.38. The van der Waals surface area contributed by atoms with Crippen LogP contribution >= 0.6 is 0 Å². The molecule has 32 heavy (non-hydrogen) atoms. The molecular weight excluding hydrogens is 465 g/mol. The van der Waals surface area contributed by atoms with Gasteiger partial charge in [0.05, 0.1) is 24.0 Å². The van der Waals surface area contributed by atoms with Gasteiger partial charge in [-0.15, -0.1) is 0 Å². The van der Waals surface area contributed by atoms with Gasteiger partial charge in [0.25, 0.3) is 0 Å². The molecule has 176 valence electrons. The molecule has 0 atom stereocenters. The molecule has 7 nitrogen and oxygen atoms in total. The Balaban J connectivity index is 1.92. The highest BCUT2D eigenvalue weighted by Gasteiger charge is 2.36. The number of carbonyl (C=O) groups is 1. The van der Waals surface area contributed by atoms with E-state index in [-0.39, 0.29) is 18.1 Å². The molecule has 2 rings (SSSR count). The number of nitrogens with one attached hydrogen (secondary N) is 1. The summed E-state index contributed by atoms with van der Waals surface area (Å²) < 4.78 is 104. The van der Waals surface area contributed by atoms with E-state index in [4.69, 9.17) is 9.47 Å². The first-order valence-electron chi connectivity index (χ1n) is 8.87. The molecule has 0 aliphatic rings. The van der Waals surface area contributed by atoms with Gasteiger partial charge in [0.1, 0.15) is 6.61 Å². The summed E-state index contributed by atoms with van der Waals surface area (Å²) in [5.41, 5.74) is -0.959. The lowest BCUT2D eigenvalue weighted by atomic mass is 10.2. The Bertz CT molecular complexity index is 1040. The molecule has 13 heteroatoms. The fourth-order valence-corrected chi connectivity index (χ4v) is 3.79. The molecule has 2 aromatic carbocycles. The van der Waals surface area contributed by atoms with Gasteiger partial charge in [-0.05, 0) is 29.8 Å². The molecule has 0 bridgehead atoms. The van der Waals surface area contributed by atoms with E-state index in [1.165, 1.54) is 25.3 Å². The standard InChI is InChI=1S/C19H18F5NO6S/c1-29-15-10-12(6-7-14(15)31-18(20)21)11-30-17(26)8-9-25-32(27,28)16-5-3-2-4-13(16)19(22,23)24/h2-7,10,18,25H,8-9,11H2,1H3. The van der Waals surface area contributed by atoms with E-state index in [2.05, 4.69) is 4.74 Å². The van der Waals surface area contributed by atoms with Crippen LogP contribution in [-0.4, -0.2) is 34.7 Å². The van der Waals surface area contributed by atoms with Crippen LogP contribution in [0.2, 0.25) is 0 Å². The maximum atomic E-state index is 13.0. The third-order valence-corrected chi connectivity index (χ3v) is 5.47. The highest BCUT2D eigenvalue weighted by atomic mass is 32.2. The Morgan fingerprint density at radius 1 is 1.09 bits per heavy atom. The number of esters is 1. The largest absolute Gasteiger partial charge is 0.493 e. The summed E-state index contributed by atoms with van der Waals surface area (Å²) in [6, 6.07) is 7.49. The van der Waals surface area contributed by atoms with Gasteiger partial charge in [0, 0.05) is 6.54 Å². The summed E-state index contributed by atoms with van der Waals surface area (Å²) in [5.74, 6) is -1.08. The van der Waals surface area contributed by atoms with Crippen molar-refractivity contribution in [2.45, 2.75) is 30.7 Å². The van der Waals surface area contributed by atoms with Crippen LogP contribution in [0.4, 0.5) is 22.0 Å². The number of hydrogen-bond acceptors (Lipinski definition) is 6. The van der Waals surface area contributed by atoms with Crippen LogP contribution < -0.4 is 14.2 Å². The molecule has 0 amide bonds. The van der Waals surface area contributed by atoms with Crippen LogP contribution in [0.3, 0.4) is 0 Å². The molecule has 0 saturated heterocycles. The summed E-state index contributed by atoms with van der Waals surface area (Å²) in [5, 5.41) is 0. The number of halogens is 5. The van der Waals surface area contributed by atoms with Crippen LogP contribution in [0.15, 0.2) is 47.4 Å². The van der Waals surface area contributed by atoms with E-state index >= 15 is 0 Å². The second-order valence-corrected chi connectivity index (χ2v) is 7.90. The Hall–Kier alpha value is -2.93. The third kappa shape index (κ3) is 7.05. The summed E-state index contributed by atoms with van der Waals surface area (Å²) in [7, 11) is -3.30. The van der Waals surface area contributed by atoms with Crippen molar-refractivity contribution in [2.24, 2.45) is 0 Å². The second-order valence-electron chi connectivity index (χ2n) is 6.17. The smallest absolute Gasteiger partial charge is 0.417 e. The lowest BCUT2D eigenvalue weighted by molar-refractivity contribution is -0.144. The number of sulfonamides is 1. The van der Waals surface area contributed by atoms with Gasteiger partial charge in [-0.3, -0.25) is 4.79 Å². The highest BCUT2D eigenvalue weighted by molar-refractivity contribution is 7.89. The first-order chi connectivity index (χ1) is 14.9. The van der Waals surface area contributed by atoms with Gasteiger partial charge >= 0.3 is 18.8 Å². The van der Waals surface area contributed by atoms with Gasteiger partial charge < -0.3 is 14.2 Å². The predicted molar refractivity (Wildman–Crippen MR) is 101 cm³/mol. The van der Waals surface area contributed by atoms with Crippen molar-refractivity contribution in [3.05, 3.63) is 53.6 Å². The van der Waals surface area contributed by atoms with Crippen molar-refractivity contribution in [3.8, 4) is 11.5 Å². The van der Waals surface area contributed by atoms with Gasteiger partial charge in [0.15, 0.2) is 11.5 Å². The monoisotopic (exact) mass is 483 g/mol. The molecule has 0 aliphatic carbocycles. The molecule has 0 radical (unpaired) electrons. The van der Waals surface area contributed by atoms with E-state index in [0.717, 1.165) is 18.2 Å². The zero-order chi connectivity index (χ0) is 23.9. The van der Waals surface area contributed by atoms with Crippen molar-refractivity contribution in [2.75, 3.05) is 13.7 Å². The third-order valence-electron chi connectivity index (χ3n) is 3.95. The summed E-state index contributed by atoms with van der Waals surface area (Å²) in [6.07, 6.45) is -5.33.